The Kier molecular flexibility index (Phi) is 5.46. The van der Waals surface area contributed by atoms with Crippen molar-refractivity contribution in [2.75, 3.05) is 0 Å². The summed E-state index contributed by atoms with van der Waals surface area (Å²) in [7, 11) is -2.33. The predicted octanol–water partition coefficient (Wildman–Crippen LogP) is 6.25. The van der Waals surface area contributed by atoms with Gasteiger partial charge in [-0.15, -0.1) is 0 Å². The van der Waals surface area contributed by atoms with Crippen LogP contribution in [0.3, 0.4) is 0 Å². The number of hydrogen-bond acceptors (Lipinski definition) is 1. The first-order chi connectivity index (χ1) is 13.4. The van der Waals surface area contributed by atoms with Crippen molar-refractivity contribution in [1.29, 1.82) is 0 Å². The highest BCUT2D eigenvalue weighted by atomic mass is 28.3. The number of aromatic hydroxyl groups is 1. The van der Waals surface area contributed by atoms with E-state index in [4.69, 9.17) is 0 Å². The number of aryl methyl sites for hydroxylation is 1. The van der Waals surface area contributed by atoms with Crippen LogP contribution in [0.25, 0.3) is 0 Å². The number of hydrogen-bond donors (Lipinski definition) is 1. The molecule has 1 N–H and O–H groups in total. The minimum Gasteiger partial charge on any atom is -0.508 e. The van der Waals surface area contributed by atoms with Crippen LogP contribution in [-0.4, -0.2) is 13.2 Å². The lowest BCUT2D eigenvalue weighted by Crippen LogP contribution is -2.59. The number of phenols is 1. The summed E-state index contributed by atoms with van der Waals surface area (Å²) < 4.78 is 0. The van der Waals surface area contributed by atoms with Crippen LogP contribution in [0.4, 0.5) is 0 Å². The summed E-state index contributed by atoms with van der Waals surface area (Å²) in [4.78, 5) is 0. The van der Waals surface area contributed by atoms with Crippen molar-refractivity contribution in [3.8, 4) is 5.75 Å². The van der Waals surface area contributed by atoms with E-state index in [9.17, 15) is 5.11 Å². The summed E-state index contributed by atoms with van der Waals surface area (Å²) >= 11 is 0. The molecule has 0 saturated heterocycles. The smallest absolute Gasteiger partial charge is 0.130 e. The number of rotatable bonds is 3. The van der Waals surface area contributed by atoms with Crippen molar-refractivity contribution in [3.05, 3.63) is 75.9 Å². The van der Waals surface area contributed by atoms with E-state index in [0.717, 1.165) is 5.56 Å². The van der Waals surface area contributed by atoms with Gasteiger partial charge in [0.2, 0.25) is 0 Å². The van der Waals surface area contributed by atoms with Crippen LogP contribution in [0.1, 0.15) is 59.6 Å². The minimum atomic E-state index is -2.33. The Morgan fingerprint density at radius 3 is 1.83 bits per heavy atom. The van der Waals surface area contributed by atoms with Crippen molar-refractivity contribution in [3.63, 3.8) is 0 Å². The summed E-state index contributed by atoms with van der Waals surface area (Å²) in [6.45, 7) is 20.3. The molecule has 0 amide bonds. The highest BCUT2D eigenvalue weighted by Gasteiger charge is 2.47. The van der Waals surface area contributed by atoms with E-state index in [2.05, 4.69) is 104 Å². The van der Waals surface area contributed by atoms with Crippen LogP contribution in [0.15, 0.2) is 64.8 Å². The second-order valence-corrected chi connectivity index (χ2v) is 14.2. The standard InChI is InChI=1S/C27H36OSi/c1-17-15-23(27(6,7)8)25(28)24(16-17)29(9,22-13-11-10-12-14-22)26-20(4)18(2)19(3)21(26)5/h10-16,26,28H,1-9H3. The van der Waals surface area contributed by atoms with Crippen LogP contribution in [0.2, 0.25) is 12.1 Å². The topological polar surface area (TPSA) is 20.2 Å². The van der Waals surface area contributed by atoms with Gasteiger partial charge in [-0.05, 0) is 61.9 Å². The SMILES string of the molecule is CC1=C(C)C([Si](C)(c2ccccc2)c2cc(C)cc(C(C)(C)C)c2O)C(C)=C1C. The van der Waals surface area contributed by atoms with Crippen LogP contribution >= 0.6 is 0 Å². The molecule has 2 aromatic carbocycles. The van der Waals surface area contributed by atoms with Gasteiger partial charge in [0.1, 0.15) is 13.8 Å². The zero-order valence-corrected chi connectivity index (χ0v) is 20.6. The second-order valence-electron chi connectivity index (χ2n) is 10.1. The fourth-order valence-electron chi connectivity index (χ4n) is 5.22. The lowest BCUT2D eigenvalue weighted by Gasteiger charge is -2.39. The van der Waals surface area contributed by atoms with E-state index < -0.39 is 8.07 Å². The summed E-state index contributed by atoms with van der Waals surface area (Å²) in [5, 5.41) is 14.2. The largest absolute Gasteiger partial charge is 0.508 e. The Morgan fingerprint density at radius 2 is 1.34 bits per heavy atom. The molecule has 1 aliphatic carbocycles. The molecule has 0 saturated carbocycles. The molecular formula is C27H36OSi. The predicted molar refractivity (Wildman–Crippen MR) is 129 cm³/mol. The Labute approximate surface area is 178 Å². The van der Waals surface area contributed by atoms with Gasteiger partial charge in [0.15, 0.2) is 0 Å². The number of benzene rings is 2. The third-order valence-corrected chi connectivity index (χ3v) is 12.2. The maximum Gasteiger partial charge on any atom is 0.130 e. The molecule has 2 aromatic rings. The first kappa shape index (κ1) is 21.6. The lowest BCUT2D eigenvalue weighted by molar-refractivity contribution is 0.450. The van der Waals surface area contributed by atoms with E-state index in [1.807, 2.05) is 0 Å². The molecule has 0 aliphatic heterocycles. The monoisotopic (exact) mass is 404 g/mol. The first-order valence-corrected chi connectivity index (χ1v) is 13.2. The van der Waals surface area contributed by atoms with Crippen molar-refractivity contribution in [1.82, 2.24) is 0 Å². The summed E-state index contributed by atoms with van der Waals surface area (Å²) in [5.74, 6) is 0.504. The molecule has 2 heteroatoms. The molecule has 0 spiro atoms. The molecule has 1 atom stereocenters. The summed E-state index contributed by atoms with van der Waals surface area (Å²) in [6.07, 6.45) is 0. The van der Waals surface area contributed by atoms with Gasteiger partial charge in [0.25, 0.3) is 0 Å². The highest BCUT2D eigenvalue weighted by molar-refractivity contribution is 7.03. The van der Waals surface area contributed by atoms with Gasteiger partial charge in [-0.1, -0.05) is 91.7 Å². The summed E-state index contributed by atoms with van der Waals surface area (Å²) in [6, 6.07) is 15.3. The Balaban J connectivity index is 2.41. The van der Waals surface area contributed by atoms with Crippen molar-refractivity contribution < 1.29 is 5.11 Å². The first-order valence-electron chi connectivity index (χ1n) is 10.7. The molecule has 3 rings (SSSR count). The number of phenolic OH excluding ortho intramolecular Hbond substituents is 1. The van der Waals surface area contributed by atoms with E-state index in [-0.39, 0.29) is 5.41 Å². The molecule has 0 heterocycles. The molecule has 0 bridgehead atoms. The molecule has 0 radical (unpaired) electrons. The quantitative estimate of drug-likeness (QED) is 0.600. The third kappa shape index (κ3) is 3.42. The van der Waals surface area contributed by atoms with Crippen LogP contribution in [0, 0.1) is 6.92 Å². The minimum absolute atomic E-state index is 0.103. The van der Waals surface area contributed by atoms with E-state index in [1.165, 1.54) is 38.2 Å². The zero-order chi connectivity index (χ0) is 21.7. The van der Waals surface area contributed by atoms with Gasteiger partial charge in [-0.3, -0.25) is 0 Å². The Morgan fingerprint density at radius 1 is 0.828 bits per heavy atom. The maximum absolute atomic E-state index is 11.6. The van der Waals surface area contributed by atoms with Crippen molar-refractivity contribution >= 4 is 18.4 Å². The normalized spacial score (nSPS) is 17.8. The zero-order valence-electron chi connectivity index (χ0n) is 19.6. The molecule has 0 fully saturated rings. The molecule has 1 nitrogen and oxygen atoms in total. The molecular weight excluding hydrogens is 368 g/mol. The van der Waals surface area contributed by atoms with Gasteiger partial charge in [-0.25, -0.2) is 0 Å². The highest BCUT2D eigenvalue weighted by Crippen LogP contribution is 2.47. The second kappa shape index (κ2) is 7.32. The van der Waals surface area contributed by atoms with Crippen LogP contribution in [0.5, 0.6) is 5.75 Å². The Hall–Kier alpha value is -2.06. The van der Waals surface area contributed by atoms with Gasteiger partial charge >= 0.3 is 0 Å². The molecule has 0 aromatic heterocycles. The maximum atomic E-state index is 11.6. The summed E-state index contributed by atoms with van der Waals surface area (Å²) in [5.41, 5.74) is 8.33. The van der Waals surface area contributed by atoms with Gasteiger partial charge in [0, 0.05) is 5.54 Å². The van der Waals surface area contributed by atoms with Crippen molar-refractivity contribution in [2.45, 2.75) is 72.9 Å². The molecule has 1 aliphatic rings. The van der Waals surface area contributed by atoms with E-state index >= 15 is 0 Å². The molecule has 29 heavy (non-hydrogen) atoms. The van der Waals surface area contributed by atoms with Gasteiger partial charge in [0.05, 0.1) is 0 Å². The third-order valence-electron chi connectivity index (χ3n) is 7.18. The fraction of sp³-hybridized carbons (Fsp3) is 0.407. The lowest BCUT2D eigenvalue weighted by atomic mass is 9.85. The van der Waals surface area contributed by atoms with Crippen molar-refractivity contribution in [2.24, 2.45) is 0 Å². The van der Waals surface area contributed by atoms with E-state index in [1.54, 1.807) is 0 Å². The average Bonchev–Trinajstić information content (AvgIpc) is 2.86. The van der Waals surface area contributed by atoms with Crippen LogP contribution < -0.4 is 10.4 Å². The fourth-order valence-corrected chi connectivity index (χ4v) is 10.4. The van der Waals surface area contributed by atoms with Gasteiger partial charge in [-0.2, -0.15) is 0 Å². The Bertz CT molecular complexity index is 981. The van der Waals surface area contributed by atoms with Gasteiger partial charge < -0.3 is 5.11 Å². The molecule has 1 unspecified atom stereocenters. The van der Waals surface area contributed by atoms with Crippen LogP contribution in [-0.2, 0) is 5.41 Å². The van der Waals surface area contributed by atoms with E-state index in [0.29, 0.717) is 11.3 Å². The average molecular weight is 405 g/mol. The number of allylic oxidation sites excluding steroid dienone is 4. The molecule has 154 valence electrons.